The highest BCUT2D eigenvalue weighted by atomic mass is 28.4. The van der Waals surface area contributed by atoms with Crippen molar-refractivity contribution in [2.24, 2.45) is 5.92 Å². The molecule has 1 aromatic heterocycles. The Kier molecular flexibility index (Phi) is 13.0. The van der Waals surface area contributed by atoms with Gasteiger partial charge in [-0.1, -0.05) is 24.3 Å². The molecule has 3 amide bonds. The van der Waals surface area contributed by atoms with Gasteiger partial charge in [0.1, 0.15) is 36.6 Å². The van der Waals surface area contributed by atoms with Crippen LogP contribution >= 0.6 is 0 Å². The molecule has 338 valence electrons. The van der Waals surface area contributed by atoms with E-state index in [-0.39, 0.29) is 49.5 Å². The number of ether oxygens (including phenoxy) is 3. The van der Waals surface area contributed by atoms with E-state index in [1.807, 2.05) is 0 Å². The summed E-state index contributed by atoms with van der Waals surface area (Å²) in [7, 11) is -3.65. The molecule has 3 saturated heterocycles. The van der Waals surface area contributed by atoms with Crippen LogP contribution in [0.3, 0.4) is 0 Å². The summed E-state index contributed by atoms with van der Waals surface area (Å²) in [6.07, 6.45) is -17.4. The second-order valence-corrected chi connectivity index (χ2v) is 20.4. The quantitative estimate of drug-likeness (QED) is 0.0673. The van der Waals surface area contributed by atoms with Crippen LogP contribution in [0.5, 0.6) is 0 Å². The van der Waals surface area contributed by atoms with Crippen LogP contribution in [0.4, 0.5) is 21.2 Å². The molecule has 0 saturated carbocycles. The summed E-state index contributed by atoms with van der Waals surface area (Å²) in [6, 6.07) is 10.8. The second-order valence-electron chi connectivity index (χ2n) is 16.6. The summed E-state index contributed by atoms with van der Waals surface area (Å²) in [6.45, 7) is 4.78. The number of halogens is 1. The molecule has 62 heavy (non-hydrogen) atoms. The van der Waals surface area contributed by atoms with Crippen LogP contribution < -0.4 is 15.5 Å². The predicted molar refractivity (Wildman–Crippen MR) is 213 cm³/mol. The summed E-state index contributed by atoms with van der Waals surface area (Å²) < 4.78 is 35.1. The molecule has 4 aliphatic rings. The Morgan fingerprint density at radius 3 is 2.03 bits per heavy atom. The Bertz CT molecular complexity index is 2150. The number of carbonyl (C=O) groups excluding carboxylic acids is 3. The van der Waals surface area contributed by atoms with Gasteiger partial charge in [-0.3, -0.25) is 19.1 Å². The number of aryl methyl sites for hydroxylation is 1. The molecule has 7 rings (SSSR count). The third-order valence-electron chi connectivity index (χ3n) is 12.1. The smallest absolute Gasteiger partial charge is 0.264 e. The summed E-state index contributed by atoms with van der Waals surface area (Å²) in [5, 5.41) is 104. The number of aromatic nitrogens is 3. The van der Waals surface area contributed by atoms with Crippen LogP contribution in [0.25, 0.3) is 0 Å². The van der Waals surface area contributed by atoms with E-state index in [2.05, 4.69) is 20.9 Å². The summed E-state index contributed by atoms with van der Waals surface area (Å²) in [5.41, 5.74) is -0.651. The number of nitrogens with zero attached hydrogens (tertiary/aromatic N) is 4. The van der Waals surface area contributed by atoms with Crippen molar-refractivity contribution in [3.8, 4) is 0 Å². The van der Waals surface area contributed by atoms with Crippen molar-refractivity contribution in [1.29, 1.82) is 0 Å². The van der Waals surface area contributed by atoms with Crippen LogP contribution in [0, 0.1) is 5.92 Å². The molecule has 21 nitrogen and oxygen atoms in total. The first-order valence-corrected chi connectivity index (χ1v) is 23.0. The van der Waals surface area contributed by atoms with Gasteiger partial charge >= 0.3 is 0 Å². The van der Waals surface area contributed by atoms with Crippen molar-refractivity contribution >= 4 is 43.2 Å². The van der Waals surface area contributed by atoms with E-state index in [0.717, 1.165) is 0 Å². The third-order valence-corrected chi connectivity index (χ3v) is 14.5. The maximum absolute atomic E-state index is 16.6. The Labute approximate surface area is 354 Å². The number of benzene rings is 2. The molecule has 0 unspecified atom stereocenters. The van der Waals surface area contributed by atoms with Crippen LogP contribution in [-0.4, -0.2) is 161 Å². The van der Waals surface area contributed by atoms with E-state index in [1.165, 1.54) is 48.3 Å². The van der Waals surface area contributed by atoms with Gasteiger partial charge in [0, 0.05) is 54.2 Å². The van der Waals surface area contributed by atoms with Gasteiger partial charge in [0.05, 0.1) is 24.0 Å². The molecule has 0 bridgehead atoms. The van der Waals surface area contributed by atoms with E-state index in [1.54, 1.807) is 29.9 Å². The van der Waals surface area contributed by atoms with Crippen molar-refractivity contribution in [1.82, 2.24) is 15.0 Å². The van der Waals surface area contributed by atoms with Crippen LogP contribution in [0.15, 0.2) is 48.7 Å². The van der Waals surface area contributed by atoms with Gasteiger partial charge in [-0.25, -0.2) is 0 Å². The van der Waals surface area contributed by atoms with Crippen molar-refractivity contribution < 1.29 is 78.7 Å². The molecule has 5 heterocycles. The van der Waals surface area contributed by atoms with Crippen LogP contribution in [0.1, 0.15) is 30.2 Å². The minimum absolute atomic E-state index is 0.0832. The molecule has 14 atom stereocenters. The molecule has 0 aliphatic carbocycles. The van der Waals surface area contributed by atoms with Gasteiger partial charge in [0.15, 0.2) is 30.4 Å². The molecule has 4 aliphatic heterocycles. The van der Waals surface area contributed by atoms with E-state index in [9.17, 15) is 55.5 Å². The number of hydrogen-bond donors (Lipinski definition) is 11. The first kappa shape index (κ1) is 45.7. The molecule has 23 heteroatoms. The summed E-state index contributed by atoms with van der Waals surface area (Å²) in [5.74, 6) is -3.28. The maximum atomic E-state index is 16.6. The van der Waals surface area contributed by atoms with E-state index in [0.29, 0.717) is 16.9 Å². The lowest BCUT2D eigenvalue weighted by Crippen LogP contribution is -2.60. The number of aliphatic hydroxyl groups is 9. The monoisotopic (exact) mass is 890 g/mol. The van der Waals surface area contributed by atoms with E-state index >= 15 is 8.90 Å². The Morgan fingerprint density at radius 2 is 1.45 bits per heavy atom. The second kappa shape index (κ2) is 17.7. The highest BCUT2D eigenvalue weighted by Crippen LogP contribution is 2.60. The zero-order chi connectivity index (χ0) is 45.0. The fourth-order valence-corrected chi connectivity index (χ4v) is 11.5. The zero-order valence-corrected chi connectivity index (χ0v) is 34.8. The molecule has 2 aromatic carbocycles. The van der Waals surface area contributed by atoms with Gasteiger partial charge in [0.2, 0.25) is 8.41 Å². The fourth-order valence-electron chi connectivity index (χ4n) is 9.00. The molecule has 11 N–H and O–H groups in total. The van der Waals surface area contributed by atoms with Crippen molar-refractivity contribution in [2.45, 2.75) is 125 Å². The lowest BCUT2D eigenvalue weighted by atomic mass is 9.82. The van der Waals surface area contributed by atoms with Gasteiger partial charge in [-0.15, -0.1) is 5.10 Å². The average Bonchev–Trinajstić information content (AvgIpc) is 3.87. The first-order valence-electron chi connectivity index (χ1n) is 20.1. The van der Waals surface area contributed by atoms with Gasteiger partial charge in [-0.05, 0) is 55.4 Å². The molecule has 3 fully saturated rings. The minimum atomic E-state index is -3.65. The van der Waals surface area contributed by atoms with Crippen molar-refractivity contribution in [2.75, 3.05) is 22.1 Å². The molecular weight excluding hydrogens is 840 g/mol. The third kappa shape index (κ3) is 8.40. The molecular formula is C39H51FN6O15Si. The van der Waals surface area contributed by atoms with Gasteiger partial charge in [0.25, 0.3) is 17.7 Å². The number of anilines is 3. The van der Waals surface area contributed by atoms with Crippen LogP contribution in [-0.2, 0) is 53.7 Å². The first-order chi connectivity index (χ1) is 29.3. The number of fused-ring (bicyclic) bond motifs is 2. The average molecular weight is 891 g/mol. The van der Waals surface area contributed by atoms with Crippen molar-refractivity contribution in [3.05, 3.63) is 65.5 Å². The largest absolute Gasteiger partial charge is 0.396 e. The standard InChI is InChI=1S/C39H51FN6O15Si/c1-17-33(62(2,3)40)24(9-11-45-16-21(10-12-47)43-44-45)61-39(17)22-14-20(42-35(55)32-28(51)26(49)30(53)37(57)60-32)7-8-23(22)46(38(39)58)15-18-5-4-6-19(13-18)41-34(54)31-27(50)25(48)29(52)36(56)59-31/h4-8,13-14,16-17,24-33,36-37,47-53,56-57H,9-12,15H2,1-3H3,(H,41,54)(H,42,55)/t17-,24+,25-,26-,27-,28-,29+,30+,31-,32-,33-,36+,37+,39+/m0/s1. The van der Waals surface area contributed by atoms with Gasteiger partial charge in [-0.2, -0.15) is 0 Å². The number of hydrogen-bond acceptors (Lipinski definition) is 17. The van der Waals surface area contributed by atoms with Crippen molar-refractivity contribution in [3.63, 3.8) is 0 Å². The van der Waals surface area contributed by atoms with Gasteiger partial charge < -0.3 is 79.8 Å². The predicted octanol–water partition coefficient (Wildman–Crippen LogP) is -2.30. The Morgan fingerprint density at radius 1 is 0.855 bits per heavy atom. The molecule has 3 aromatic rings. The normalized spacial score (nSPS) is 34.7. The molecule has 0 radical (unpaired) electrons. The fraction of sp³-hybridized carbons (Fsp3) is 0.564. The topological polar surface area (TPSA) is 319 Å². The van der Waals surface area contributed by atoms with Crippen LogP contribution in [0.2, 0.25) is 18.6 Å². The minimum Gasteiger partial charge on any atom is -0.396 e. The maximum Gasteiger partial charge on any atom is 0.264 e. The Balaban J connectivity index is 1.21. The summed E-state index contributed by atoms with van der Waals surface area (Å²) >= 11 is 0. The molecule has 1 spiro atoms. The summed E-state index contributed by atoms with van der Waals surface area (Å²) in [4.78, 5) is 43.1. The number of carbonyl (C=O) groups is 3. The lowest BCUT2D eigenvalue weighted by Gasteiger charge is -2.37. The van der Waals surface area contributed by atoms with E-state index in [4.69, 9.17) is 14.2 Å². The SMILES string of the molecule is C[C@H]1[C@H]([Si](C)(C)F)[C@@H](CCn2cc(CCO)nn2)O[C@]12C(=O)N(Cc1cccc(NC(=O)[C@H]3O[C@@H](O)[C@H](O)[C@@H](O)[C@@H]3O)c1)c1ccc(NC(=O)[C@H]3O[C@@H](O)[C@H](O)[C@@H](O)[C@@H]3O)cc12. The number of rotatable bonds is 12. The number of aliphatic hydroxyl groups excluding tert-OH is 9. The number of nitrogens with one attached hydrogen (secondary N) is 2. The van der Waals surface area contributed by atoms with E-state index < -0.39 is 111 Å². The Hall–Kier alpha value is -4.34. The highest BCUT2D eigenvalue weighted by molar-refractivity contribution is 6.72. The lowest BCUT2D eigenvalue weighted by molar-refractivity contribution is -0.274. The number of amides is 3. The zero-order valence-electron chi connectivity index (χ0n) is 33.8. The highest BCUT2D eigenvalue weighted by Gasteiger charge is 2.66.